The molecule has 4 aliphatic rings. The van der Waals surface area contributed by atoms with Gasteiger partial charge in [-0.1, -0.05) is 39.0 Å². The van der Waals surface area contributed by atoms with Crippen molar-refractivity contribution in [1.82, 2.24) is 0 Å². The second-order valence-electron chi connectivity index (χ2n) is 15.3. The predicted molar refractivity (Wildman–Crippen MR) is 208 cm³/mol. The summed E-state index contributed by atoms with van der Waals surface area (Å²) in [7, 11) is 1.05. The van der Waals surface area contributed by atoms with Gasteiger partial charge in [-0.3, -0.25) is 24.0 Å². The maximum atomic E-state index is 14.0. The molecule has 0 saturated heterocycles. The van der Waals surface area contributed by atoms with Crippen molar-refractivity contribution in [2.24, 2.45) is 23.7 Å². The number of aliphatic hydroxyl groups is 4. The molecule has 1 aromatic carbocycles. The van der Waals surface area contributed by atoms with Crippen molar-refractivity contribution in [1.29, 1.82) is 0 Å². The molecule has 3 heterocycles. The van der Waals surface area contributed by atoms with E-state index in [4.69, 9.17) is 23.7 Å². The number of allylic oxidation sites excluding steroid dienone is 5. The SMILES string of the molecule is COC(=O)[C@@H]1[C@H](O)[C@H](C)[C@@H](OC(C)=O)[C@H](C)/C=C\C=C(/C)C(=O)Nc2c(C)c(OC(C)=O)c3c(c2O)C(=O)C(C)=C2OCOC(=C23)/C(C)=C/[C@](C)(O)[C@@H](O)[C@@H](C)[C@H]1O. The van der Waals surface area contributed by atoms with Crippen molar-refractivity contribution in [3.63, 3.8) is 0 Å². The van der Waals surface area contributed by atoms with Crippen LogP contribution in [0.5, 0.6) is 11.5 Å². The number of amides is 1. The third-order valence-electron chi connectivity index (χ3n) is 10.9. The van der Waals surface area contributed by atoms with E-state index in [1.807, 2.05) is 0 Å². The summed E-state index contributed by atoms with van der Waals surface area (Å²) in [6, 6.07) is 0. The average Bonchev–Trinajstić information content (AvgIpc) is 3.16. The van der Waals surface area contributed by atoms with Gasteiger partial charge in [0.1, 0.15) is 34.9 Å². The Labute approximate surface area is 336 Å². The van der Waals surface area contributed by atoms with Crippen molar-refractivity contribution >= 4 is 40.9 Å². The lowest BCUT2D eigenvalue weighted by atomic mass is 9.75. The highest BCUT2D eigenvalue weighted by Crippen LogP contribution is 2.53. The molecule has 3 aliphatic heterocycles. The molecule has 58 heavy (non-hydrogen) atoms. The first-order chi connectivity index (χ1) is 27.0. The van der Waals surface area contributed by atoms with Gasteiger partial charge in [0.15, 0.2) is 11.5 Å². The average molecular weight is 812 g/mol. The highest BCUT2D eigenvalue weighted by atomic mass is 16.7. The number of carbonyl (C=O) groups excluding carboxylic acids is 5. The number of carbonyl (C=O) groups is 5. The Balaban J connectivity index is 2.08. The summed E-state index contributed by atoms with van der Waals surface area (Å²) in [6.07, 6.45) is -0.755. The number of anilines is 1. The second-order valence-corrected chi connectivity index (χ2v) is 15.3. The number of hydrogen-bond donors (Lipinski definition) is 6. The minimum absolute atomic E-state index is 0.00899. The van der Waals surface area contributed by atoms with Gasteiger partial charge in [-0.15, -0.1) is 0 Å². The number of esters is 3. The summed E-state index contributed by atoms with van der Waals surface area (Å²) in [5.74, 6) is -9.54. The Morgan fingerprint density at radius 1 is 0.897 bits per heavy atom. The largest absolute Gasteiger partial charge is 0.505 e. The van der Waals surface area contributed by atoms with Crippen molar-refractivity contribution < 1.29 is 73.2 Å². The first-order valence-electron chi connectivity index (χ1n) is 18.7. The van der Waals surface area contributed by atoms with Crippen LogP contribution in [0, 0.1) is 30.6 Å². The van der Waals surface area contributed by atoms with Crippen LogP contribution in [0.1, 0.15) is 83.8 Å². The number of fused-ring (bicyclic) bond motifs is 14. The topological polar surface area (TPSA) is 245 Å². The zero-order valence-corrected chi connectivity index (χ0v) is 34.5. The molecular weight excluding hydrogens is 758 g/mol. The van der Waals surface area contributed by atoms with E-state index < -0.39 is 95.8 Å². The molecule has 1 aliphatic carbocycles. The number of ether oxygens (including phenoxy) is 5. The fourth-order valence-electron chi connectivity index (χ4n) is 7.67. The van der Waals surface area contributed by atoms with Gasteiger partial charge in [0.25, 0.3) is 5.91 Å². The number of ketones is 1. The van der Waals surface area contributed by atoms with E-state index in [-0.39, 0.29) is 61.9 Å². The first kappa shape index (κ1) is 45.4. The quantitative estimate of drug-likeness (QED) is 0.145. The van der Waals surface area contributed by atoms with Crippen molar-refractivity contribution in [3.05, 3.63) is 69.2 Å². The summed E-state index contributed by atoms with van der Waals surface area (Å²) in [4.78, 5) is 65.7. The minimum Gasteiger partial charge on any atom is -0.505 e. The number of aliphatic hydroxyl groups excluding tert-OH is 3. The molecule has 5 rings (SSSR count). The third-order valence-corrected chi connectivity index (χ3v) is 10.9. The molecule has 4 bridgehead atoms. The van der Waals surface area contributed by atoms with Crippen LogP contribution in [0.2, 0.25) is 0 Å². The zero-order chi connectivity index (χ0) is 43.7. The van der Waals surface area contributed by atoms with E-state index in [0.717, 1.165) is 21.0 Å². The van der Waals surface area contributed by atoms with Crippen molar-refractivity contribution in [2.75, 3.05) is 19.2 Å². The minimum atomic E-state index is -2.20. The molecule has 0 unspecified atom stereocenters. The summed E-state index contributed by atoms with van der Waals surface area (Å²) < 4.78 is 28.0. The lowest BCUT2D eigenvalue weighted by Crippen LogP contribution is -2.53. The zero-order valence-electron chi connectivity index (χ0n) is 34.5. The van der Waals surface area contributed by atoms with Gasteiger partial charge in [0.2, 0.25) is 6.79 Å². The molecule has 16 nitrogen and oxygen atoms in total. The maximum Gasteiger partial charge on any atom is 0.313 e. The van der Waals surface area contributed by atoms with Gasteiger partial charge in [-0.25, -0.2) is 0 Å². The van der Waals surface area contributed by atoms with E-state index in [1.54, 1.807) is 13.0 Å². The normalized spacial score (nSPS) is 32.1. The molecule has 0 spiro atoms. The Morgan fingerprint density at radius 3 is 2.09 bits per heavy atom. The summed E-state index contributed by atoms with van der Waals surface area (Å²) >= 11 is 0. The van der Waals surface area contributed by atoms with Gasteiger partial charge in [0.05, 0.1) is 42.2 Å². The number of methoxy groups -OCH3 is 1. The number of aromatic hydroxyl groups is 1. The standard InChI is InChI=1S/C42H53NO15/c1-17-13-12-14-18(2)40(51)43-30-20(4)38(58-25(9)45)26-27(34(30)49)31(46)22(6)37-28(26)36(55-16-56-37)19(3)15-42(10,53)39(50)23(7)33(48)29(41(52)54-11)32(47)21(5)35(17)57-24(8)44/h12-15,17,21,23,29,32-33,35,39,47-50,53H,16H2,1-11H3,(H,43,51)/b13-12-,18-14+,19-15+/t17-,21+,23+,29-,32-,33-,35+,39+,42+/m1/s1. The van der Waals surface area contributed by atoms with E-state index in [2.05, 4.69) is 5.32 Å². The summed E-state index contributed by atoms with van der Waals surface area (Å²) in [6.45, 7) is 13.5. The molecule has 0 radical (unpaired) electrons. The van der Waals surface area contributed by atoms with Gasteiger partial charge >= 0.3 is 17.9 Å². The van der Waals surface area contributed by atoms with Crippen LogP contribution in [0.25, 0.3) is 5.57 Å². The molecule has 16 heteroatoms. The Morgan fingerprint density at radius 2 is 1.50 bits per heavy atom. The predicted octanol–water partition coefficient (Wildman–Crippen LogP) is 3.68. The monoisotopic (exact) mass is 811 g/mol. The fraction of sp³-hybridized carbons (Fsp3) is 0.500. The van der Waals surface area contributed by atoms with Crippen LogP contribution in [-0.2, 0) is 38.1 Å². The van der Waals surface area contributed by atoms with Gasteiger partial charge in [-0.05, 0) is 46.3 Å². The van der Waals surface area contributed by atoms with Crippen molar-refractivity contribution in [2.45, 2.75) is 99.3 Å². The molecular formula is C42H53NO15. The van der Waals surface area contributed by atoms with Crippen LogP contribution >= 0.6 is 0 Å². The number of hydrogen-bond acceptors (Lipinski definition) is 15. The van der Waals surface area contributed by atoms with E-state index >= 15 is 0 Å². The van der Waals surface area contributed by atoms with Crippen LogP contribution in [0.15, 0.2) is 52.5 Å². The van der Waals surface area contributed by atoms with E-state index in [0.29, 0.717) is 0 Å². The molecule has 316 valence electrons. The Kier molecular flexibility index (Phi) is 13.8. The van der Waals surface area contributed by atoms with Crippen molar-refractivity contribution in [3.8, 4) is 11.5 Å². The number of phenolic OH excluding ortho intramolecular Hbond substituents is 1. The van der Waals surface area contributed by atoms with Gasteiger partial charge in [0, 0.05) is 53.9 Å². The number of rotatable bonds is 3. The lowest BCUT2D eigenvalue weighted by Gasteiger charge is -2.39. The van der Waals surface area contributed by atoms with Gasteiger partial charge < -0.3 is 54.5 Å². The van der Waals surface area contributed by atoms with Gasteiger partial charge in [-0.2, -0.15) is 0 Å². The molecule has 0 fully saturated rings. The summed E-state index contributed by atoms with van der Waals surface area (Å²) in [5.41, 5.74) is -2.47. The fourth-order valence-corrected chi connectivity index (χ4v) is 7.67. The number of nitrogens with one attached hydrogen (secondary N) is 1. The molecule has 0 aromatic heterocycles. The van der Waals surface area contributed by atoms with Crippen LogP contribution in [0.3, 0.4) is 0 Å². The number of Topliss-reactive ketones (excluding diaryl/α,β-unsaturated/α-hetero) is 1. The highest BCUT2D eigenvalue weighted by Gasteiger charge is 2.48. The smallest absolute Gasteiger partial charge is 0.313 e. The second kappa shape index (κ2) is 17.7. The summed E-state index contributed by atoms with van der Waals surface area (Å²) in [5, 5.41) is 61.2. The molecule has 9 atom stereocenters. The lowest BCUT2D eigenvalue weighted by molar-refractivity contribution is -0.171. The number of benzene rings is 1. The first-order valence-corrected chi connectivity index (χ1v) is 18.7. The Bertz CT molecular complexity index is 2040. The molecule has 6 N–H and O–H groups in total. The number of phenols is 1. The van der Waals surface area contributed by atoms with E-state index in [1.165, 1.54) is 66.7 Å². The third kappa shape index (κ3) is 8.74. The van der Waals surface area contributed by atoms with Crippen LogP contribution < -0.4 is 10.1 Å². The van der Waals surface area contributed by atoms with Crippen LogP contribution in [-0.4, -0.2) is 99.1 Å². The molecule has 0 saturated carbocycles. The highest BCUT2D eigenvalue weighted by molar-refractivity contribution is 6.21. The maximum absolute atomic E-state index is 14.0. The Hall–Kier alpha value is -5.29. The van der Waals surface area contributed by atoms with E-state index in [9.17, 15) is 49.5 Å². The molecule has 1 aromatic rings. The molecule has 1 amide bonds. The van der Waals surface area contributed by atoms with Crippen LogP contribution in [0.4, 0.5) is 5.69 Å².